The molecule has 1 aliphatic heterocycles. The topological polar surface area (TPSA) is 126 Å². The molecule has 216 valence electrons. The van der Waals surface area contributed by atoms with Crippen LogP contribution < -0.4 is 30.4 Å². The van der Waals surface area contributed by atoms with Crippen molar-refractivity contribution in [2.24, 2.45) is 0 Å². The summed E-state index contributed by atoms with van der Waals surface area (Å²) in [6, 6.07) is 18.4. The standard InChI is InChI=1S/C30H38N2O8/c31-25-1-5-27(6-2-25)39-21-23-19-29-30(20-24(23)22-40-28-7-3-26(32)4-8-28)38-18-16-36-14-12-34-10-9-33-11-13-35-15-17-37-29/h1-8,19-20H,9-18,21-22,31-32H2. The molecule has 3 aromatic rings. The second-order valence-electron chi connectivity index (χ2n) is 8.93. The summed E-state index contributed by atoms with van der Waals surface area (Å²) in [5.74, 6) is 2.56. The summed E-state index contributed by atoms with van der Waals surface area (Å²) < 4.78 is 46.6. The molecule has 0 bridgehead atoms. The van der Waals surface area contributed by atoms with Gasteiger partial charge in [-0.05, 0) is 71.8 Å². The average Bonchev–Trinajstić information content (AvgIpc) is 2.96. The maximum atomic E-state index is 6.09. The number of nitrogen functional groups attached to an aromatic ring is 2. The second-order valence-corrected chi connectivity index (χ2v) is 8.93. The van der Waals surface area contributed by atoms with Crippen LogP contribution in [-0.4, -0.2) is 66.1 Å². The van der Waals surface area contributed by atoms with Crippen LogP contribution in [0.2, 0.25) is 0 Å². The van der Waals surface area contributed by atoms with Crippen molar-refractivity contribution in [3.8, 4) is 23.0 Å². The van der Waals surface area contributed by atoms with Crippen molar-refractivity contribution in [2.45, 2.75) is 13.2 Å². The van der Waals surface area contributed by atoms with Gasteiger partial charge < -0.3 is 49.4 Å². The van der Waals surface area contributed by atoms with E-state index in [0.717, 1.165) is 11.1 Å². The van der Waals surface area contributed by atoms with Gasteiger partial charge >= 0.3 is 0 Å². The summed E-state index contributed by atoms with van der Waals surface area (Å²) >= 11 is 0. The van der Waals surface area contributed by atoms with Gasteiger partial charge in [0.05, 0.1) is 52.9 Å². The van der Waals surface area contributed by atoms with Gasteiger partial charge in [-0.3, -0.25) is 0 Å². The second kappa shape index (κ2) is 16.4. The van der Waals surface area contributed by atoms with Crippen LogP contribution in [-0.2, 0) is 32.2 Å². The molecule has 4 N–H and O–H groups in total. The van der Waals surface area contributed by atoms with Gasteiger partial charge in [0.1, 0.15) is 37.9 Å². The lowest BCUT2D eigenvalue weighted by atomic mass is 10.1. The summed E-state index contributed by atoms with van der Waals surface area (Å²) in [4.78, 5) is 0. The van der Waals surface area contributed by atoms with Gasteiger partial charge in [0.15, 0.2) is 11.5 Å². The lowest BCUT2D eigenvalue weighted by Gasteiger charge is -2.19. The van der Waals surface area contributed by atoms with Gasteiger partial charge in [-0.1, -0.05) is 0 Å². The van der Waals surface area contributed by atoms with Crippen molar-refractivity contribution in [2.75, 3.05) is 77.5 Å². The van der Waals surface area contributed by atoms with Crippen molar-refractivity contribution in [1.82, 2.24) is 0 Å². The molecule has 10 nitrogen and oxygen atoms in total. The van der Waals surface area contributed by atoms with Crippen molar-refractivity contribution < 1.29 is 37.9 Å². The predicted molar refractivity (Wildman–Crippen MR) is 151 cm³/mol. The van der Waals surface area contributed by atoms with Gasteiger partial charge in [-0.15, -0.1) is 0 Å². The number of rotatable bonds is 6. The summed E-state index contributed by atoms with van der Waals surface area (Å²) in [5, 5.41) is 0. The fourth-order valence-corrected chi connectivity index (χ4v) is 3.77. The van der Waals surface area contributed by atoms with Crippen molar-refractivity contribution >= 4 is 11.4 Å². The van der Waals surface area contributed by atoms with E-state index in [9.17, 15) is 0 Å². The minimum atomic E-state index is 0.290. The van der Waals surface area contributed by atoms with E-state index < -0.39 is 0 Å². The van der Waals surface area contributed by atoms with Crippen molar-refractivity contribution in [3.05, 3.63) is 71.8 Å². The molecule has 0 aliphatic carbocycles. The largest absolute Gasteiger partial charge is 0.489 e. The SMILES string of the molecule is Nc1ccc(OCc2cc3c(cc2COc2ccc(N)cc2)OCCOCCOCCOCCOCCO3)cc1. The quantitative estimate of drug-likeness (QED) is 0.434. The average molecular weight is 555 g/mol. The Balaban J connectivity index is 1.51. The summed E-state index contributed by atoms with van der Waals surface area (Å²) in [6.45, 7) is 5.02. The highest BCUT2D eigenvalue weighted by molar-refractivity contribution is 5.48. The third-order valence-electron chi connectivity index (χ3n) is 5.90. The van der Waals surface area contributed by atoms with Crippen LogP contribution in [0.5, 0.6) is 23.0 Å². The van der Waals surface area contributed by atoms with Crippen LogP contribution in [0.4, 0.5) is 11.4 Å². The molecule has 1 aliphatic rings. The lowest BCUT2D eigenvalue weighted by Crippen LogP contribution is -2.16. The Morgan fingerprint density at radius 1 is 0.475 bits per heavy atom. The molecule has 1 heterocycles. The molecule has 40 heavy (non-hydrogen) atoms. The molecule has 10 heteroatoms. The first kappa shape index (κ1) is 29.3. The number of ether oxygens (including phenoxy) is 8. The van der Waals surface area contributed by atoms with Gasteiger partial charge in [-0.25, -0.2) is 0 Å². The molecule has 0 radical (unpaired) electrons. The van der Waals surface area contributed by atoms with Gasteiger partial charge in [0.25, 0.3) is 0 Å². The number of hydrogen-bond donors (Lipinski definition) is 2. The molecule has 0 aromatic heterocycles. The fraction of sp³-hybridized carbons (Fsp3) is 0.400. The molecule has 0 saturated heterocycles. The van der Waals surface area contributed by atoms with Crippen LogP contribution in [0, 0.1) is 0 Å². The fourth-order valence-electron chi connectivity index (χ4n) is 3.77. The Hall–Kier alpha value is -3.70. The number of hydrogen-bond acceptors (Lipinski definition) is 10. The Morgan fingerprint density at radius 2 is 0.800 bits per heavy atom. The van der Waals surface area contributed by atoms with Crippen LogP contribution in [0.15, 0.2) is 60.7 Å². The first-order valence-electron chi connectivity index (χ1n) is 13.4. The molecule has 0 fully saturated rings. The molecular weight excluding hydrogens is 516 g/mol. The third kappa shape index (κ3) is 10.1. The molecule has 3 aromatic carbocycles. The smallest absolute Gasteiger partial charge is 0.161 e. The zero-order valence-electron chi connectivity index (χ0n) is 22.7. The Kier molecular flexibility index (Phi) is 12.0. The van der Waals surface area contributed by atoms with Gasteiger partial charge in [0, 0.05) is 11.4 Å². The third-order valence-corrected chi connectivity index (χ3v) is 5.90. The Morgan fingerprint density at radius 3 is 1.15 bits per heavy atom. The van der Waals surface area contributed by atoms with Crippen molar-refractivity contribution in [3.63, 3.8) is 0 Å². The minimum Gasteiger partial charge on any atom is -0.489 e. The van der Waals surface area contributed by atoms with Crippen molar-refractivity contribution in [1.29, 1.82) is 0 Å². The maximum absolute atomic E-state index is 6.09. The van der Waals surface area contributed by atoms with E-state index in [1.54, 1.807) is 24.3 Å². The highest BCUT2D eigenvalue weighted by Gasteiger charge is 2.15. The molecule has 0 unspecified atom stereocenters. The summed E-state index contributed by atoms with van der Waals surface area (Å²) in [7, 11) is 0. The van der Waals surface area contributed by atoms with E-state index in [4.69, 9.17) is 49.4 Å². The molecule has 0 spiro atoms. The number of anilines is 2. The molecule has 0 atom stereocenters. The van der Waals surface area contributed by atoms with E-state index in [-0.39, 0.29) is 13.2 Å². The van der Waals surface area contributed by atoms with Gasteiger partial charge in [-0.2, -0.15) is 0 Å². The maximum Gasteiger partial charge on any atom is 0.161 e. The van der Waals surface area contributed by atoms with E-state index >= 15 is 0 Å². The van der Waals surface area contributed by atoms with Gasteiger partial charge in [0.2, 0.25) is 0 Å². The van der Waals surface area contributed by atoms with E-state index in [0.29, 0.717) is 100 Å². The van der Waals surface area contributed by atoms with E-state index in [2.05, 4.69) is 0 Å². The number of nitrogens with two attached hydrogens (primary N) is 2. The highest BCUT2D eigenvalue weighted by atomic mass is 16.6. The molecule has 4 rings (SSSR count). The molecule has 0 amide bonds. The minimum absolute atomic E-state index is 0.290. The van der Waals surface area contributed by atoms with Crippen LogP contribution >= 0.6 is 0 Å². The number of benzene rings is 3. The zero-order valence-corrected chi connectivity index (χ0v) is 22.7. The predicted octanol–water partition coefficient (Wildman–Crippen LogP) is 3.85. The molecule has 0 saturated carbocycles. The normalized spacial score (nSPS) is 15.9. The molecular formula is C30H38N2O8. The van der Waals surface area contributed by atoms with E-state index in [1.807, 2.05) is 36.4 Å². The summed E-state index contributed by atoms with van der Waals surface area (Å²) in [6.07, 6.45) is 0. The lowest BCUT2D eigenvalue weighted by molar-refractivity contribution is -0.00843. The van der Waals surface area contributed by atoms with Crippen LogP contribution in [0.1, 0.15) is 11.1 Å². The van der Waals surface area contributed by atoms with Crippen LogP contribution in [0.3, 0.4) is 0 Å². The first-order valence-corrected chi connectivity index (χ1v) is 13.4. The highest BCUT2D eigenvalue weighted by Crippen LogP contribution is 2.33. The monoisotopic (exact) mass is 554 g/mol. The first-order chi connectivity index (χ1) is 19.7. The van der Waals surface area contributed by atoms with E-state index in [1.165, 1.54) is 0 Å². The van der Waals surface area contributed by atoms with Crippen LogP contribution in [0.25, 0.3) is 0 Å². The number of fused-ring (bicyclic) bond motifs is 1. The summed E-state index contributed by atoms with van der Waals surface area (Å²) in [5.41, 5.74) is 14.8. The Labute approximate surface area is 235 Å². The Bertz CT molecular complexity index is 1050. The zero-order chi connectivity index (χ0) is 27.8.